The molecule has 0 aliphatic carbocycles. The molecule has 0 aliphatic heterocycles. The Labute approximate surface area is 149 Å². The molecule has 0 fully saturated rings. The zero-order chi connectivity index (χ0) is 19.0. The Morgan fingerprint density at radius 1 is 1.23 bits per heavy atom. The molecule has 0 radical (unpaired) electrons. The summed E-state index contributed by atoms with van der Waals surface area (Å²) in [6.07, 6.45) is 1.38. The largest absolute Gasteiger partial charge is 0.329 e. The zero-order valence-corrected chi connectivity index (χ0v) is 15.2. The Bertz CT molecular complexity index is 1070. The lowest BCUT2D eigenvalue weighted by Gasteiger charge is -2.18. The Kier molecular flexibility index (Phi) is 4.50. The molecular formula is C18H21N5O3. The number of likely N-dealkylation sites (N-methyl/N-ethyl adjacent to an activating group) is 1. The van der Waals surface area contributed by atoms with Crippen molar-refractivity contribution in [1.29, 1.82) is 0 Å². The minimum Gasteiger partial charge on any atom is -0.315 e. The van der Waals surface area contributed by atoms with Crippen LogP contribution in [0.4, 0.5) is 5.69 Å². The minimum absolute atomic E-state index is 0.0553. The van der Waals surface area contributed by atoms with Crippen LogP contribution in [-0.4, -0.2) is 32.1 Å². The topological polar surface area (TPSA) is 93.0 Å². The molecule has 136 valence electrons. The minimum atomic E-state index is -0.540. The maximum absolute atomic E-state index is 12.6. The van der Waals surface area contributed by atoms with Crippen LogP contribution >= 0.6 is 0 Å². The molecule has 1 aromatic carbocycles. The van der Waals surface area contributed by atoms with Gasteiger partial charge in [-0.25, -0.2) is 9.78 Å². The number of nitrogens with zero attached hydrogens (tertiary/aromatic N) is 4. The van der Waals surface area contributed by atoms with Gasteiger partial charge in [0.2, 0.25) is 5.91 Å². The molecule has 0 unspecified atom stereocenters. The number of amides is 1. The van der Waals surface area contributed by atoms with Crippen molar-refractivity contribution < 1.29 is 4.79 Å². The van der Waals surface area contributed by atoms with Crippen LogP contribution in [0.25, 0.3) is 11.2 Å². The molecule has 2 aromatic heterocycles. The summed E-state index contributed by atoms with van der Waals surface area (Å²) in [5.41, 5.74) is 1.31. The van der Waals surface area contributed by atoms with Crippen molar-refractivity contribution in [2.75, 3.05) is 11.9 Å². The van der Waals surface area contributed by atoms with E-state index in [-0.39, 0.29) is 23.6 Å². The van der Waals surface area contributed by atoms with Crippen LogP contribution in [0, 0.1) is 0 Å². The maximum Gasteiger partial charge on any atom is 0.329 e. The van der Waals surface area contributed by atoms with Crippen LogP contribution in [0.5, 0.6) is 0 Å². The molecule has 0 aliphatic rings. The van der Waals surface area contributed by atoms with Gasteiger partial charge in [-0.3, -0.25) is 19.1 Å². The van der Waals surface area contributed by atoms with Gasteiger partial charge in [-0.2, -0.15) is 0 Å². The highest BCUT2D eigenvalue weighted by Gasteiger charge is 2.16. The first-order valence-corrected chi connectivity index (χ1v) is 8.30. The van der Waals surface area contributed by atoms with Crippen molar-refractivity contribution in [2.45, 2.75) is 26.3 Å². The van der Waals surface area contributed by atoms with Gasteiger partial charge in [0, 0.05) is 19.8 Å². The molecule has 0 spiro atoms. The number of aromatic nitrogens is 4. The first-order valence-electron chi connectivity index (χ1n) is 8.30. The molecule has 0 saturated heterocycles. The number of imidazole rings is 1. The highest BCUT2D eigenvalue weighted by molar-refractivity contribution is 5.93. The highest BCUT2D eigenvalue weighted by atomic mass is 16.2. The lowest BCUT2D eigenvalue weighted by atomic mass is 10.0. The molecule has 8 heteroatoms. The molecule has 0 atom stereocenters. The van der Waals surface area contributed by atoms with Gasteiger partial charge in [-0.1, -0.05) is 26.0 Å². The summed E-state index contributed by atoms with van der Waals surface area (Å²) in [7, 11) is 3.06. The third-order valence-electron chi connectivity index (χ3n) is 4.50. The summed E-state index contributed by atoms with van der Waals surface area (Å²) in [5, 5.41) is 0. The molecule has 3 rings (SSSR count). The van der Waals surface area contributed by atoms with E-state index in [0.717, 1.165) is 10.3 Å². The van der Waals surface area contributed by atoms with Crippen molar-refractivity contribution in [3.8, 4) is 0 Å². The van der Waals surface area contributed by atoms with E-state index in [4.69, 9.17) is 0 Å². The number of benzene rings is 1. The number of aromatic amines is 1. The molecule has 2 heterocycles. The summed E-state index contributed by atoms with van der Waals surface area (Å²) in [4.78, 5) is 44.7. The van der Waals surface area contributed by atoms with Gasteiger partial charge < -0.3 is 9.47 Å². The first kappa shape index (κ1) is 17.7. The van der Waals surface area contributed by atoms with Gasteiger partial charge in [0.05, 0.1) is 6.33 Å². The highest BCUT2D eigenvalue weighted by Crippen LogP contribution is 2.19. The van der Waals surface area contributed by atoms with Crippen LogP contribution in [0.2, 0.25) is 0 Å². The fourth-order valence-corrected chi connectivity index (χ4v) is 2.73. The number of anilines is 1. The van der Waals surface area contributed by atoms with Crippen molar-refractivity contribution >= 4 is 22.8 Å². The quantitative estimate of drug-likeness (QED) is 0.761. The fraction of sp³-hybridized carbons (Fsp3) is 0.333. The molecule has 1 N–H and O–H groups in total. The van der Waals surface area contributed by atoms with Crippen LogP contribution in [0.3, 0.4) is 0 Å². The predicted octanol–water partition coefficient (Wildman–Crippen LogP) is 1.21. The van der Waals surface area contributed by atoms with E-state index in [0.29, 0.717) is 5.92 Å². The second-order valence-corrected chi connectivity index (χ2v) is 6.56. The Balaban J connectivity index is 1.88. The second kappa shape index (κ2) is 6.62. The van der Waals surface area contributed by atoms with Gasteiger partial charge in [0.25, 0.3) is 5.56 Å². The Morgan fingerprint density at radius 3 is 2.50 bits per heavy atom. The Hall–Kier alpha value is -3.16. The molecule has 0 bridgehead atoms. The average molecular weight is 355 g/mol. The zero-order valence-electron chi connectivity index (χ0n) is 15.2. The molecule has 3 aromatic rings. The standard InChI is InChI=1S/C18H21N5O3/c1-11(2)12-5-7-13(8-6-12)21(3)14(24)9-23-10-19-16-15(23)17(25)22(4)18(26)20-16/h5-8,10-11H,9H2,1-4H3,(H,20,26). The monoisotopic (exact) mass is 355 g/mol. The van der Waals surface area contributed by atoms with E-state index < -0.39 is 11.2 Å². The normalized spacial score (nSPS) is 11.3. The number of carbonyl (C=O) groups is 1. The van der Waals surface area contributed by atoms with Crippen LogP contribution in [-0.2, 0) is 18.4 Å². The summed E-state index contributed by atoms with van der Waals surface area (Å²) < 4.78 is 2.41. The van der Waals surface area contributed by atoms with Gasteiger partial charge in [-0.05, 0) is 23.6 Å². The number of H-pyrrole nitrogens is 1. The average Bonchev–Trinajstić information content (AvgIpc) is 3.01. The van der Waals surface area contributed by atoms with E-state index in [1.165, 1.54) is 28.4 Å². The van der Waals surface area contributed by atoms with E-state index in [9.17, 15) is 14.4 Å². The summed E-state index contributed by atoms with van der Waals surface area (Å²) >= 11 is 0. The summed E-state index contributed by atoms with van der Waals surface area (Å²) in [5.74, 6) is 0.218. The van der Waals surface area contributed by atoms with Crippen LogP contribution in [0.15, 0.2) is 40.2 Å². The number of fused-ring (bicyclic) bond motifs is 1. The van der Waals surface area contributed by atoms with Gasteiger partial charge >= 0.3 is 5.69 Å². The second-order valence-electron chi connectivity index (χ2n) is 6.56. The number of carbonyl (C=O) groups excluding carboxylic acids is 1. The van der Waals surface area contributed by atoms with Gasteiger partial charge in [0.1, 0.15) is 6.54 Å². The van der Waals surface area contributed by atoms with Crippen LogP contribution in [0.1, 0.15) is 25.3 Å². The maximum atomic E-state index is 12.6. The lowest BCUT2D eigenvalue weighted by molar-refractivity contribution is -0.118. The summed E-state index contributed by atoms with van der Waals surface area (Å²) in [6, 6.07) is 7.79. The predicted molar refractivity (Wildman–Crippen MR) is 99.5 cm³/mol. The fourth-order valence-electron chi connectivity index (χ4n) is 2.73. The number of hydrogen-bond donors (Lipinski definition) is 1. The van der Waals surface area contributed by atoms with Crippen molar-refractivity contribution in [1.82, 2.24) is 19.1 Å². The van der Waals surface area contributed by atoms with Crippen molar-refractivity contribution in [3.63, 3.8) is 0 Å². The SMILES string of the molecule is CC(C)c1ccc(N(C)C(=O)Cn2cnc3[nH]c(=O)n(C)c(=O)c32)cc1. The third kappa shape index (κ3) is 3.05. The Morgan fingerprint density at radius 2 is 1.88 bits per heavy atom. The number of nitrogens with one attached hydrogen (secondary N) is 1. The van der Waals surface area contributed by atoms with E-state index >= 15 is 0 Å². The smallest absolute Gasteiger partial charge is 0.315 e. The van der Waals surface area contributed by atoms with Gasteiger partial charge in [-0.15, -0.1) is 0 Å². The number of rotatable bonds is 4. The molecule has 26 heavy (non-hydrogen) atoms. The van der Waals surface area contributed by atoms with Gasteiger partial charge in [0.15, 0.2) is 11.2 Å². The van der Waals surface area contributed by atoms with E-state index in [1.54, 1.807) is 7.05 Å². The van der Waals surface area contributed by atoms with Crippen molar-refractivity contribution in [2.24, 2.45) is 7.05 Å². The first-order chi connectivity index (χ1) is 12.3. The molecule has 1 amide bonds. The van der Waals surface area contributed by atoms with Crippen LogP contribution < -0.4 is 16.1 Å². The number of hydrogen-bond acceptors (Lipinski definition) is 4. The van der Waals surface area contributed by atoms with E-state index in [2.05, 4.69) is 23.8 Å². The van der Waals surface area contributed by atoms with E-state index in [1.807, 2.05) is 24.3 Å². The molecule has 0 saturated carbocycles. The lowest BCUT2D eigenvalue weighted by Crippen LogP contribution is -2.34. The molecule has 8 nitrogen and oxygen atoms in total. The third-order valence-corrected chi connectivity index (χ3v) is 4.50. The molecular weight excluding hydrogens is 334 g/mol. The summed E-state index contributed by atoms with van der Waals surface area (Å²) in [6.45, 7) is 4.16. The van der Waals surface area contributed by atoms with Crippen molar-refractivity contribution in [3.05, 3.63) is 57.0 Å².